The van der Waals surface area contributed by atoms with Crippen molar-refractivity contribution >= 4 is 21.4 Å². The zero-order valence-corrected chi connectivity index (χ0v) is 11.7. The Morgan fingerprint density at radius 1 is 1.47 bits per heavy atom. The van der Waals surface area contributed by atoms with E-state index in [0.717, 1.165) is 19.4 Å². The highest BCUT2D eigenvalue weighted by Gasteiger charge is 2.29. The standard InChI is InChI=1S/C12H19N3O3S/c1-12(5-2-6-18-12)8-15-11-7-9(19(14,16)17)3-4-10(11)13/h3-4,7,15H,2,5-6,8,13H2,1H3,(H2,14,16,17). The lowest BCUT2D eigenvalue weighted by Crippen LogP contribution is -2.32. The molecule has 1 fully saturated rings. The van der Waals surface area contributed by atoms with Gasteiger partial charge in [-0.15, -0.1) is 0 Å². The quantitative estimate of drug-likeness (QED) is 0.712. The van der Waals surface area contributed by atoms with Gasteiger partial charge >= 0.3 is 0 Å². The van der Waals surface area contributed by atoms with Gasteiger partial charge in [0, 0.05) is 13.2 Å². The van der Waals surface area contributed by atoms with Gasteiger partial charge in [0.1, 0.15) is 0 Å². The van der Waals surface area contributed by atoms with Gasteiger partial charge in [0.25, 0.3) is 0 Å². The van der Waals surface area contributed by atoms with Gasteiger partial charge in [-0.25, -0.2) is 13.6 Å². The Hall–Kier alpha value is -1.31. The first-order valence-corrected chi connectivity index (χ1v) is 7.65. The van der Waals surface area contributed by atoms with Crippen LogP contribution in [0.5, 0.6) is 0 Å². The van der Waals surface area contributed by atoms with Crippen LogP contribution in [0, 0.1) is 0 Å². The van der Waals surface area contributed by atoms with E-state index in [4.69, 9.17) is 15.6 Å². The van der Waals surface area contributed by atoms with E-state index in [1.807, 2.05) is 6.92 Å². The van der Waals surface area contributed by atoms with Crippen molar-refractivity contribution in [3.63, 3.8) is 0 Å². The van der Waals surface area contributed by atoms with Crippen LogP contribution >= 0.6 is 0 Å². The molecule has 1 atom stereocenters. The Kier molecular flexibility index (Phi) is 3.71. The van der Waals surface area contributed by atoms with Crippen LogP contribution < -0.4 is 16.2 Å². The van der Waals surface area contributed by atoms with Gasteiger partial charge in [0.2, 0.25) is 10.0 Å². The van der Waals surface area contributed by atoms with Crippen LogP contribution in [0.1, 0.15) is 19.8 Å². The first-order valence-electron chi connectivity index (χ1n) is 6.10. The van der Waals surface area contributed by atoms with Crippen LogP contribution in [0.4, 0.5) is 11.4 Å². The molecule has 19 heavy (non-hydrogen) atoms. The number of primary sulfonamides is 1. The number of benzene rings is 1. The molecular weight excluding hydrogens is 266 g/mol. The van der Waals surface area contributed by atoms with Crippen molar-refractivity contribution in [2.24, 2.45) is 5.14 Å². The van der Waals surface area contributed by atoms with Crippen LogP contribution in [-0.2, 0) is 14.8 Å². The molecule has 0 radical (unpaired) electrons. The first kappa shape index (κ1) is 14.1. The molecule has 0 saturated carbocycles. The molecule has 1 heterocycles. The minimum absolute atomic E-state index is 0.0432. The summed E-state index contributed by atoms with van der Waals surface area (Å²) in [5.74, 6) is 0. The minimum atomic E-state index is -3.72. The molecule has 0 spiro atoms. The highest BCUT2D eigenvalue weighted by atomic mass is 32.2. The molecule has 0 aliphatic carbocycles. The molecule has 1 aliphatic heterocycles. The fraction of sp³-hybridized carbons (Fsp3) is 0.500. The van der Waals surface area contributed by atoms with Crippen molar-refractivity contribution in [1.29, 1.82) is 0 Å². The molecular formula is C12H19N3O3S. The largest absolute Gasteiger partial charge is 0.397 e. The summed E-state index contributed by atoms with van der Waals surface area (Å²) in [7, 11) is -3.72. The lowest BCUT2D eigenvalue weighted by molar-refractivity contribution is 0.0315. The summed E-state index contributed by atoms with van der Waals surface area (Å²) in [6.07, 6.45) is 2.00. The van der Waals surface area contributed by atoms with Crippen LogP contribution in [0.15, 0.2) is 23.1 Å². The number of hydrogen-bond acceptors (Lipinski definition) is 5. The highest BCUT2D eigenvalue weighted by molar-refractivity contribution is 7.89. The Labute approximate surface area is 113 Å². The lowest BCUT2D eigenvalue weighted by Gasteiger charge is -2.24. The van der Waals surface area contributed by atoms with Crippen LogP contribution in [0.25, 0.3) is 0 Å². The predicted octanol–water partition coefficient (Wildman–Crippen LogP) is 0.897. The smallest absolute Gasteiger partial charge is 0.238 e. The van der Waals surface area contributed by atoms with E-state index in [2.05, 4.69) is 5.32 Å². The topological polar surface area (TPSA) is 107 Å². The third-order valence-corrected chi connectivity index (χ3v) is 4.22. The molecule has 0 bridgehead atoms. The average molecular weight is 285 g/mol. The van der Waals surface area contributed by atoms with Gasteiger partial charge in [-0.2, -0.15) is 0 Å². The minimum Gasteiger partial charge on any atom is -0.397 e. The molecule has 5 N–H and O–H groups in total. The fourth-order valence-corrected chi connectivity index (χ4v) is 2.66. The molecule has 6 nitrogen and oxygen atoms in total. The van der Waals surface area contributed by atoms with Crippen molar-refractivity contribution in [3.8, 4) is 0 Å². The number of nitrogen functional groups attached to an aromatic ring is 1. The number of nitrogens with two attached hydrogens (primary N) is 2. The molecule has 1 aliphatic rings. The third-order valence-electron chi connectivity index (χ3n) is 3.31. The van der Waals surface area contributed by atoms with Crippen molar-refractivity contribution in [1.82, 2.24) is 0 Å². The number of nitrogens with one attached hydrogen (secondary N) is 1. The maximum atomic E-state index is 11.3. The third kappa shape index (κ3) is 3.37. The van der Waals surface area contributed by atoms with Crippen molar-refractivity contribution in [3.05, 3.63) is 18.2 Å². The predicted molar refractivity (Wildman–Crippen MR) is 74.3 cm³/mol. The molecule has 2 rings (SSSR count). The van der Waals surface area contributed by atoms with Crippen LogP contribution in [0.2, 0.25) is 0 Å². The maximum Gasteiger partial charge on any atom is 0.238 e. The summed E-state index contributed by atoms with van der Waals surface area (Å²) in [5.41, 5.74) is 6.63. The Bertz CT molecular complexity index is 566. The Balaban J connectivity index is 2.15. The van der Waals surface area contributed by atoms with Crippen LogP contribution in [-0.4, -0.2) is 27.2 Å². The zero-order chi connectivity index (χ0) is 14.1. The summed E-state index contributed by atoms with van der Waals surface area (Å²) < 4.78 is 28.3. The van der Waals surface area contributed by atoms with Crippen molar-refractivity contribution in [2.45, 2.75) is 30.3 Å². The second kappa shape index (κ2) is 4.99. The van der Waals surface area contributed by atoms with E-state index < -0.39 is 10.0 Å². The molecule has 1 aromatic carbocycles. The van der Waals surface area contributed by atoms with E-state index >= 15 is 0 Å². The SMILES string of the molecule is CC1(CNc2cc(S(N)(=O)=O)ccc2N)CCCO1. The van der Waals surface area contributed by atoms with Crippen molar-refractivity contribution < 1.29 is 13.2 Å². The second-order valence-corrected chi connectivity index (χ2v) is 6.61. The Morgan fingerprint density at radius 2 is 2.21 bits per heavy atom. The molecule has 106 valence electrons. The highest BCUT2D eigenvalue weighted by Crippen LogP contribution is 2.27. The van der Waals surface area contributed by atoms with E-state index in [-0.39, 0.29) is 10.5 Å². The number of hydrogen-bond donors (Lipinski definition) is 3. The van der Waals surface area contributed by atoms with E-state index in [0.29, 0.717) is 17.9 Å². The normalized spacial score (nSPS) is 23.5. The Morgan fingerprint density at radius 3 is 2.79 bits per heavy atom. The fourth-order valence-electron chi connectivity index (χ4n) is 2.12. The lowest BCUT2D eigenvalue weighted by atomic mass is 10.0. The molecule has 0 amide bonds. The van der Waals surface area contributed by atoms with E-state index in [1.54, 1.807) is 0 Å². The molecule has 1 aromatic rings. The monoisotopic (exact) mass is 285 g/mol. The molecule has 1 saturated heterocycles. The number of sulfonamides is 1. The number of ether oxygens (including phenoxy) is 1. The summed E-state index contributed by atoms with van der Waals surface area (Å²) >= 11 is 0. The molecule has 1 unspecified atom stereocenters. The summed E-state index contributed by atoms with van der Waals surface area (Å²) in [6, 6.07) is 4.37. The zero-order valence-electron chi connectivity index (χ0n) is 10.8. The maximum absolute atomic E-state index is 11.3. The van der Waals surface area contributed by atoms with Gasteiger partial charge in [-0.1, -0.05) is 0 Å². The van der Waals surface area contributed by atoms with E-state index in [1.165, 1.54) is 18.2 Å². The summed E-state index contributed by atoms with van der Waals surface area (Å²) in [5, 5.41) is 8.24. The van der Waals surface area contributed by atoms with Gasteiger partial charge in [0.15, 0.2) is 0 Å². The van der Waals surface area contributed by atoms with Gasteiger partial charge in [0.05, 0.1) is 21.9 Å². The van der Waals surface area contributed by atoms with Crippen molar-refractivity contribution in [2.75, 3.05) is 24.2 Å². The van der Waals surface area contributed by atoms with Crippen LogP contribution in [0.3, 0.4) is 0 Å². The van der Waals surface area contributed by atoms with Gasteiger partial charge in [-0.05, 0) is 38.0 Å². The van der Waals surface area contributed by atoms with Gasteiger partial charge in [-0.3, -0.25) is 0 Å². The molecule has 7 heteroatoms. The molecule has 0 aromatic heterocycles. The summed E-state index contributed by atoms with van der Waals surface area (Å²) in [6.45, 7) is 3.35. The van der Waals surface area contributed by atoms with Gasteiger partial charge < -0.3 is 15.8 Å². The summed E-state index contributed by atoms with van der Waals surface area (Å²) in [4.78, 5) is 0.0432. The number of anilines is 2. The number of rotatable bonds is 4. The average Bonchev–Trinajstić information content (AvgIpc) is 2.74. The second-order valence-electron chi connectivity index (χ2n) is 5.05. The van der Waals surface area contributed by atoms with E-state index in [9.17, 15) is 8.42 Å². The first-order chi connectivity index (χ1) is 8.80.